The summed E-state index contributed by atoms with van der Waals surface area (Å²) in [7, 11) is 1.91. The molecule has 0 amide bonds. The highest BCUT2D eigenvalue weighted by Crippen LogP contribution is 2.20. The Kier molecular flexibility index (Phi) is 2.33. The van der Waals surface area contributed by atoms with Gasteiger partial charge in [0.1, 0.15) is 0 Å². The minimum absolute atomic E-state index is 0.529. The van der Waals surface area contributed by atoms with E-state index in [2.05, 4.69) is 23.1 Å². The summed E-state index contributed by atoms with van der Waals surface area (Å²) in [5.41, 5.74) is 10.1. The zero-order valence-corrected chi connectivity index (χ0v) is 10.5. The molecule has 1 aromatic carbocycles. The maximum absolute atomic E-state index is 5.98. The van der Waals surface area contributed by atoms with Crippen molar-refractivity contribution >= 4 is 17.0 Å². The van der Waals surface area contributed by atoms with Gasteiger partial charge in [0.15, 0.2) is 0 Å². The summed E-state index contributed by atoms with van der Waals surface area (Å²) in [4.78, 5) is 4.36. The molecular formula is C13H15N5. The molecular weight excluding hydrogens is 226 g/mol. The van der Waals surface area contributed by atoms with E-state index in [0.717, 1.165) is 16.7 Å². The fourth-order valence-corrected chi connectivity index (χ4v) is 2.13. The van der Waals surface area contributed by atoms with Crippen molar-refractivity contribution < 1.29 is 0 Å². The lowest BCUT2D eigenvalue weighted by Gasteiger charge is -2.04. The summed E-state index contributed by atoms with van der Waals surface area (Å²) >= 11 is 0. The van der Waals surface area contributed by atoms with Gasteiger partial charge in [0.2, 0.25) is 5.95 Å². The van der Waals surface area contributed by atoms with Crippen molar-refractivity contribution in [3.63, 3.8) is 0 Å². The van der Waals surface area contributed by atoms with E-state index in [1.54, 1.807) is 4.68 Å². The normalized spacial score (nSPS) is 11.2. The molecule has 5 heteroatoms. The number of hydrogen-bond acceptors (Lipinski definition) is 3. The van der Waals surface area contributed by atoms with Crippen LogP contribution in [0.1, 0.15) is 11.3 Å². The average Bonchev–Trinajstić information content (AvgIpc) is 2.86. The van der Waals surface area contributed by atoms with Crippen molar-refractivity contribution in [1.82, 2.24) is 19.3 Å². The van der Waals surface area contributed by atoms with Gasteiger partial charge in [0.05, 0.1) is 23.3 Å². The number of nitrogen functional groups attached to an aromatic ring is 1. The number of nitrogens with two attached hydrogens (primary N) is 1. The molecule has 0 unspecified atom stereocenters. The van der Waals surface area contributed by atoms with E-state index in [1.807, 2.05) is 36.0 Å². The number of aryl methyl sites for hydroxylation is 2. The van der Waals surface area contributed by atoms with Gasteiger partial charge in [-0.25, -0.2) is 4.98 Å². The van der Waals surface area contributed by atoms with Crippen molar-refractivity contribution in [2.24, 2.45) is 7.05 Å². The Morgan fingerprint density at radius 3 is 2.83 bits per heavy atom. The van der Waals surface area contributed by atoms with Gasteiger partial charge < -0.3 is 10.3 Å². The molecule has 2 N–H and O–H groups in total. The Balaban J connectivity index is 2.10. The minimum atomic E-state index is 0.529. The van der Waals surface area contributed by atoms with Gasteiger partial charge in [-0.05, 0) is 30.7 Å². The first-order valence-corrected chi connectivity index (χ1v) is 5.84. The molecule has 2 aromatic heterocycles. The van der Waals surface area contributed by atoms with Gasteiger partial charge in [-0.15, -0.1) is 0 Å². The molecule has 0 saturated heterocycles. The van der Waals surface area contributed by atoms with Crippen molar-refractivity contribution in [3.8, 4) is 0 Å². The maximum atomic E-state index is 5.98. The molecule has 2 heterocycles. The van der Waals surface area contributed by atoms with Gasteiger partial charge in [-0.3, -0.25) is 4.68 Å². The smallest absolute Gasteiger partial charge is 0.201 e. The monoisotopic (exact) mass is 241 g/mol. The van der Waals surface area contributed by atoms with E-state index < -0.39 is 0 Å². The summed E-state index contributed by atoms with van der Waals surface area (Å²) in [6, 6.07) is 8.12. The molecule has 0 aliphatic rings. The number of aromatic nitrogens is 4. The van der Waals surface area contributed by atoms with Gasteiger partial charge in [0, 0.05) is 13.2 Å². The van der Waals surface area contributed by atoms with E-state index in [4.69, 9.17) is 5.73 Å². The zero-order valence-electron chi connectivity index (χ0n) is 10.5. The second-order valence-corrected chi connectivity index (χ2v) is 4.53. The van der Waals surface area contributed by atoms with Gasteiger partial charge in [-0.2, -0.15) is 5.10 Å². The molecule has 0 saturated carbocycles. The third-order valence-corrected chi connectivity index (χ3v) is 3.02. The minimum Gasteiger partial charge on any atom is -0.369 e. The van der Waals surface area contributed by atoms with Crippen LogP contribution in [-0.4, -0.2) is 19.3 Å². The number of benzene rings is 1. The van der Waals surface area contributed by atoms with E-state index in [-0.39, 0.29) is 0 Å². The van der Waals surface area contributed by atoms with E-state index >= 15 is 0 Å². The largest absolute Gasteiger partial charge is 0.369 e. The Morgan fingerprint density at radius 1 is 1.28 bits per heavy atom. The average molecular weight is 241 g/mol. The molecule has 0 aliphatic heterocycles. The van der Waals surface area contributed by atoms with Crippen LogP contribution in [0.5, 0.6) is 0 Å². The lowest BCUT2D eigenvalue weighted by molar-refractivity contribution is 0.717. The number of hydrogen-bond donors (Lipinski definition) is 1. The molecule has 3 rings (SSSR count). The number of anilines is 1. The van der Waals surface area contributed by atoms with Crippen molar-refractivity contribution in [2.75, 3.05) is 5.73 Å². The number of fused-ring (bicyclic) bond motifs is 1. The first-order chi connectivity index (χ1) is 8.63. The maximum Gasteiger partial charge on any atom is 0.201 e. The Morgan fingerprint density at radius 2 is 2.11 bits per heavy atom. The summed E-state index contributed by atoms with van der Waals surface area (Å²) in [6.07, 6.45) is 1.93. The topological polar surface area (TPSA) is 61.7 Å². The van der Waals surface area contributed by atoms with Crippen LogP contribution in [0.15, 0.2) is 30.5 Å². The second-order valence-electron chi connectivity index (χ2n) is 4.53. The fourth-order valence-electron chi connectivity index (χ4n) is 2.13. The van der Waals surface area contributed by atoms with Crippen LogP contribution in [0.3, 0.4) is 0 Å². The van der Waals surface area contributed by atoms with E-state index in [9.17, 15) is 0 Å². The second kappa shape index (κ2) is 3.87. The highest BCUT2D eigenvalue weighted by Gasteiger charge is 2.09. The molecule has 0 fully saturated rings. The fraction of sp³-hybridized carbons (Fsp3) is 0.231. The molecule has 5 nitrogen and oxygen atoms in total. The molecule has 0 radical (unpaired) electrons. The Bertz CT molecular complexity index is 707. The van der Waals surface area contributed by atoms with Crippen LogP contribution in [0.25, 0.3) is 11.0 Å². The van der Waals surface area contributed by atoms with Gasteiger partial charge in [0.25, 0.3) is 0 Å². The first kappa shape index (κ1) is 10.8. The van der Waals surface area contributed by atoms with Crippen LogP contribution < -0.4 is 5.73 Å². The van der Waals surface area contributed by atoms with Crippen LogP contribution in [0, 0.1) is 6.92 Å². The molecule has 3 aromatic rings. The van der Waals surface area contributed by atoms with Crippen LogP contribution >= 0.6 is 0 Å². The number of imidazole rings is 1. The standard InChI is InChI=1S/C13H15N5/c1-9-3-4-11-12(7-9)18(13(14)15-11)8-10-5-6-17(2)16-10/h3-7H,8H2,1-2H3,(H2,14,15). The molecule has 0 bridgehead atoms. The van der Waals surface area contributed by atoms with Crippen molar-refractivity contribution in [1.29, 1.82) is 0 Å². The SMILES string of the molecule is Cc1ccc2nc(N)n(Cc3ccn(C)n3)c2c1. The summed E-state index contributed by atoms with van der Waals surface area (Å²) in [6.45, 7) is 2.71. The molecule has 92 valence electrons. The summed E-state index contributed by atoms with van der Waals surface area (Å²) in [5, 5.41) is 4.37. The molecule has 0 spiro atoms. The molecule has 0 atom stereocenters. The highest BCUT2D eigenvalue weighted by atomic mass is 15.3. The number of nitrogens with zero attached hydrogens (tertiary/aromatic N) is 4. The predicted molar refractivity (Wildman–Crippen MR) is 71.2 cm³/mol. The summed E-state index contributed by atoms with van der Waals surface area (Å²) in [5.74, 6) is 0.529. The zero-order chi connectivity index (χ0) is 12.7. The quantitative estimate of drug-likeness (QED) is 0.743. The first-order valence-electron chi connectivity index (χ1n) is 5.84. The van der Waals surface area contributed by atoms with E-state index in [0.29, 0.717) is 12.5 Å². The third kappa shape index (κ3) is 1.73. The highest BCUT2D eigenvalue weighted by molar-refractivity contribution is 5.79. The van der Waals surface area contributed by atoms with Crippen LogP contribution in [0.2, 0.25) is 0 Å². The number of rotatable bonds is 2. The lowest BCUT2D eigenvalue weighted by Crippen LogP contribution is -2.05. The Labute approximate surface area is 105 Å². The summed E-state index contributed by atoms with van der Waals surface area (Å²) < 4.78 is 3.78. The third-order valence-electron chi connectivity index (χ3n) is 3.02. The van der Waals surface area contributed by atoms with Crippen LogP contribution in [-0.2, 0) is 13.6 Å². The van der Waals surface area contributed by atoms with E-state index in [1.165, 1.54) is 5.56 Å². The van der Waals surface area contributed by atoms with Crippen molar-refractivity contribution in [3.05, 3.63) is 41.7 Å². The molecule has 0 aliphatic carbocycles. The Hall–Kier alpha value is -2.30. The van der Waals surface area contributed by atoms with Crippen molar-refractivity contribution in [2.45, 2.75) is 13.5 Å². The molecule has 18 heavy (non-hydrogen) atoms. The van der Waals surface area contributed by atoms with Gasteiger partial charge in [-0.1, -0.05) is 6.07 Å². The van der Waals surface area contributed by atoms with Crippen LogP contribution in [0.4, 0.5) is 5.95 Å². The lowest BCUT2D eigenvalue weighted by atomic mass is 10.2. The van der Waals surface area contributed by atoms with Gasteiger partial charge >= 0.3 is 0 Å². The predicted octanol–water partition coefficient (Wildman–Crippen LogP) is 1.71.